The van der Waals surface area contributed by atoms with Gasteiger partial charge in [-0.25, -0.2) is 4.98 Å². The third-order valence-corrected chi connectivity index (χ3v) is 3.55. The zero-order valence-corrected chi connectivity index (χ0v) is 12.6. The lowest BCUT2D eigenvalue weighted by atomic mass is 9.93. The van der Waals surface area contributed by atoms with Gasteiger partial charge in [-0.15, -0.1) is 11.3 Å². The molecule has 0 aliphatic heterocycles. The molecule has 0 saturated heterocycles. The topological polar surface area (TPSA) is 34.1 Å². The van der Waals surface area contributed by atoms with E-state index in [9.17, 15) is 0 Å². The Hall–Kier alpha value is -0.450. The summed E-state index contributed by atoms with van der Waals surface area (Å²) in [6.07, 6.45) is 0. The highest BCUT2D eigenvalue weighted by atomic mass is 32.1. The molecule has 0 unspecified atom stereocenters. The van der Waals surface area contributed by atoms with Crippen LogP contribution in [0.15, 0.2) is 5.38 Å². The zero-order valence-electron chi connectivity index (χ0n) is 11.8. The van der Waals surface area contributed by atoms with Crippen molar-refractivity contribution in [1.29, 1.82) is 0 Å². The highest BCUT2D eigenvalue weighted by Gasteiger charge is 2.18. The number of thiazole rings is 1. The average molecular weight is 256 g/mol. The van der Waals surface area contributed by atoms with Gasteiger partial charge in [-0.2, -0.15) is 0 Å². The van der Waals surface area contributed by atoms with E-state index in [0.717, 1.165) is 18.1 Å². The molecule has 0 bridgehead atoms. The first-order chi connectivity index (χ1) is 7.74. The summed E-state index contributed by atoms with van der Waals surface area (Å²) in [5.74, 6) is 0. The second-order valence-electron chi connectivity index (χ2n) is 5.94. The number of nitrogens with one attached hydrogen (secondary N) is 1. The summed E-state index contributed by atoms with van der Waals surface area (Å²) < 4.78 is 5.36. The molecule has 1 aromatic rings. The van der Waals surface area contributed by atoms with Gasteiger partial charge < -0.3 is 10.1 Å². The Bertz CT molecular complexity index is 353. The second-order valence-corrected chi connectivity index (χ2v) is 6.89. The third-order valence-electron chi connectivity index (χ3n) is 2.70. The van der Waals surface area contributed by atoms with Crippen molar-refractivity contribution in [3.63, 3.8) is 0 Å². The van der Waals surface area contributed by atoms with Gasteiger partial charge in [0, 0.05) is 31.0 Å². The maximum atomic E-state index is 5.36. The van der Waals surface area contributed by atoms with Crippen molar-refractivity contribution in [3.8, 4) is 0 Å². The summed E-state index contributed by atoms with van der Waals surface area (Å²) in [6, 6.07) is 0. The molecule has 0 amide bonds. The van der Waals surface area contributed by atoms with E-state index in [1.165, 1.54) is 5.69 Å². The molecule has 4 heteroatoms. The van der Waals surface area contributed by atoms with Crippen LogP contribution in [0.2, 0.25) is 0 Å². The monoisotopic (exact) mass is 256 g/mol. The SMILES string of the molecule is COC(C)(C)CNCc1nc(C(C)(C)C)cs1. The summed E-state index contributed by atoms with van der Waals surface area (Å²) in [4.78, 5) is 4.64. The molecule has 3 nitrogen and oxygen atoms in total. The van der Waals surface area contributed by atoms with Crippen molar-refractivity contribution < 1.29 is 4.74 Å². The predicted octanol–water partition coefficient (Wildman–Crippen LogP) is 2.96. The summed E-state index contributed by atoms with van der Waals surface area (Å²) in [6.45, 7) is 12.3. The molecular weight excluding hydrogens is 232 g/mol. The highest BCUT2D eigenvalue weighted by Crippen LogP contribution is 2.23. The van der Waals surface area contributed by atoms with Crippen LogP contribution in [-0.2, 0) is 16.7 Å². The largest absolute Gasteiger partial charge is 0.377 e. The lowest BCUT2D eigenvalue weighted by molar-refractivity contribution is 0.0230. The minimum Gasteiger partial charge on any atom is -0.377 e. The molecule has 0 aliphatic carbocycles. The fourth-order valence-corrected chi connectivity index (χ4v) is 2.27. The van der Waals surface area contributed by atoms with Gasteiger partial charge in [0.2, 0.25) is 0 Å². The van der Waals surface area contributed by atoms with Gasteiger partial charge in [0.1, 0.15) is 5.01 Å². The predicted molar refractivity (Wildman–Crippen MR) is 73.6 cm³/mol. The van der Waals surface area contributed by atoms with Gasteiger partial charge in [-0.1, -0.05) is 20.8 Å². The summed E-state index contributed by atoms with van der Waals surface area (Å²) in [5.41, 5.74) is 1.19. The van der Waals surface area contributed by atoms with E-state index in [1.807, 2.05) is 0 Å². The van der Waals surface area contributed by atoms with Crippen molar-refractivity contribution in [1.82, 2.24) is 10.3 Å². The minimum absolute atomic E-state index is 0.121. The van der Waals surface area contributed by atoms with E-state index in [2.05, 4.69) is 50.3 Å². The lowest BCUT2D eigenvalue weighted by Crippen LogP contribution is -2.36. The Morgan fingerprint density at radius 2 is 1.94 bits per heavy atom. The van der Waals surface area contributed by atoms with Crippen molar-refractivity contribution in [2.75, 3.05) is 13.7 Å². The Morgan fingerprint density at radius 3 is 2.41 bits per heavy atom. The Morgan fingerprint density at radius 1 is 1.29 bits per heavy atom. The van der Waals surface area contributed by atoms with Gasteiger partial charge in [0.05, 0.1) is 11.3 Å². The Kier molecular flexibility index (Phi) is 4.69. The van der Waals surface area contributed by atoms with Crippen LogP contribution >= 0.6 is 11.3 Å². The standard InChI is InChI=1S/C13H24N2OS/c1-12(2,3)10-8-17-11(15-10)7-14-9-13(4,5)16-6/h8,14H,7,9H2,1-6H3. The number of hydrogen-bond acceptors (Lipinski definition) is 4. The molecule has 0 spiro atoms. The molecule has 0 aromatic carbocycles. The second kappa shape index (κ2) is 5.46. The zero-order chi connectivity index (χ0) is 13.1. The summed E-state index contributed by atoms with van der Waals surface area (Å²) in [7, 11) is 1.74. The summed E-state index contributed by atoms with van der Waals surface area (Å²) in [5, 5.41) is 6.67. The fraction of sp³-hybridized carbons (Fsp3) is 0.769. The molecule has 0 radical (unpaired) electrons. The third kappa shape index (κ3) is 4.74. The maximum Gasteiger partial charge on any atom is 0.107 e. The molecule has 0 saturated carbocycles. The molecule has 1 rings (SSSR count). The fourth-order valence-electron chi connectivity index (χ4n) is 1.28. The number of ether oxygens (including phenoxy) is 1. The molecule has 0 aliphatic rings. The van der Waals surface area contributed by atoms with E-state index < -0.39 is 0 Å². The van der Waals surface area contributed by atoms with Crippen molar-refractivity contribution >= 4 is 11.3 Å². The number of methoxy groups -OCH3 is 1. The van der Waals surface area contributed by atoms with Gasteiger partial charge in [0.15, 0.2) is 0 Å². The number of rotatable bonds is 5. The van der Waals surface area contributed by atoms with Crippen LogP contribution in [0, 0.1) is 0 Å². The van der Waals surface area contributed by atoms with E-state index in [-0.39, 0.29) is 11.0 Å². The van der Waals surface area contributed by atoms with Crippen molar-refractivity contribution in [3.05, 3.63) is 16.1 Å². The molecule has 0 atom stereocenters. The normalized spacial score (nSPS) is 13.1. The van der Waals surface area contributed by atoms with Gasteiger partial charge in [-0.3, -0.25) is 0 Å². The van der Waals surface area contributed by atoms with E-state index in [4.69, 9.17) is 4.74 Å². The number of nitrogens with zero attached hydrogens (tertiary/aromatic N) is 1. The van der Waals surface area contributed by atoms with Crippen molar-refractivity contribution in [2.45, 2.75) is 52.2 Å². The molecule has 98 valence electrons. The average Bonchev–Trinajstić information content (AvgIpc) is 2.66. The number of aromatic nitrogens is 1. The molecule has 1 N–H and O–H groups in total. The minimum atomic E-state index is -0.121. The molecule has 17 heavy (non-hydrogen) atoms. The van der Waals surface area contributed by atoms with Crippen LogP contribution in [0.5, 0.6) is 0 Å². The van der Waals surface area contributed by atoms with E-state index in [1.54, 1.807) is 18.4 Å². The van der Waals surface area contributed by atoms with Crippen LogP contribution in [0.25, 0.3) is 0 Å². The smallest absolute Gasteiger partial charge is 0.107 e. The first kappa shape index (κ1) is 14.6. The lowest BCUT2D eigenvalue weighted by Gasteiger charge is -2.22. The first-order valence-electron chi connectivity index (χ1n) is 5.95. The van der Waals surface area contributed by atoms with Crippen LogP contribution in [0.4, 0.5) is 0 Å². The van der Waals surface area contributed by atoms with Gasteiger partial charge in [0.25, 0.3) is 0 Å². The first-order valence-corrected chi connectivity index (χ1v) is 6.83. The molecular formula is C13H24N2OS. The van der Waals surface area contributed by atoms with Gasteiger partial charge in [-0.05, 0) is 13.8 Å². The van der Waals surface area contributed by atoms with Crippen LogP contribution in [-0.4, -0.2) is 24.2 Å². The van der Waals surface area contributed by atoms with E-state index >= 15 is 0 Å². The van der Waals surface area contributed by atoms with Gasteiger partial charge >= 0.3 is 0 Å². The Labute approximate surface area is 109 Å². The van der Waals surface area contributed by atoms with E-state index in [0.29, 0.717) is 0 Å². The summed E-state index contributed by atoms with van der Waals surface area (Å²) >= 11 is 1.72. The van der Waals surface area contributed by atoms with Crippen LogP contribution < -0.4 is 5.32 Å². The van der Waals surface area contributed by atoms with Crippen molar-refractivity contribution in [2.24, 2.45) is 0 Å². The van der Waals surface area contributed by atoms with Crippen LogP contribution in [0.1, 0.15) is 45.3 Å². The maximum absolute atomic E-state index is 5.36. The Balaban J connectivity index is 2.46. The number of hydrogen-bond donors (Lipinski definition) is 1. The van der Waals surface area contributed by atoms with Crippen LogP contribution in [0.3, 0.4) is 0 Å². The molecule has 0 fully saturated rings. The molecule has 1 aromatic heterocycles. The highest BCUT2D eigenvalue weighted by molar-refractivity contribution is 7.09. The quantitative estimate of drug-likeness (QED) is 0.879. The molecule has 1 heterocycles.